The van der Waals surface area contributed by atoms with E-state index in [1.165, 1.54) is 11.8 Å². The van der Waals surface area contributed by atoms with E-state index in [4.69, 9.17) is 0 Å². The molecule has 6 nitrogen and oxygen atoms in total. The summed E-state index contributed by atoms with van der Waals surface area (Å²) in [6.07, 6.45) is 5.22. The fourth-order valence-corrected chi connectivity index (χ4v) is 1.51. The molecule has 0 spiro atoms. The molecule has 0 saturated carbocycles. The molecule has 0 fully saturated rings. The second-order valence-electron chi connectivity index (χ2n) is 3.34. The van der Waals surface area contributed by atoms with Crippen molar-refractivity contribution in [3.05, 3.63) is 6.33 Å². The highest BCUT2D eigenvalue weighted by Gasteiger charge is 2.07. The number of aromatic nitrogens is 4. The van der Waals surface area contributed by atoms with E-state index < -0.39 is 0 Å². The molecule has 0 atom stereocenters. The van der Waals surface area contributed by atoms with Crippen molar-refractivity contribution in [1.82, 2.24) is 24.8 Å². The van der Waals surface area contributed by atoms with Crippen LogP contribution < -0.4 is 0 Å². The molecule has 2 rings (SSSR count). The lowest BCUT2D eigenvalue weighted by Gasteiger charge is -2.03. The quantitative estimate of drug-likeness (QED) is 0.376. The van der Waals surface area contributed by atoms with Gasteiger partial charge in [-0.3, -0.25) is 0 Å². The number of imidazole rings is 1. The molecule has 0 saturated heterocycles. The molecule has 0 aliphatic rings. The smallest absolute Gasteiger partial charge is 0.191 e. The van der Waals surface area contributed by atoms with Gasteiger partial charge in [-0.15, -0.1) is 0 Å². The SMILES string of the molecule is CSc1nc(N=CN(C)C)c2[nH]cnc2n1. The Morgan fingerprint density at radius 1 is 1.44 bits per heavy atom. The molecule has 0 aromatic carbocycles. The minimum absolute atomic E-state index is 0.612. The molecule has 16 heavy (non-hydrogen) atoms. The summed E-state index contributed by atoms with van der Waals surface area (Å²) in [4.78, 5) is 21.8. The third-order valence-electron chi connectivity index (χ3n) is 1.84. The third-order valence-corrected chi connectivity index (χ3v) is 2.39. The van der Waals surface area contributed by atoms with E-state index >= 15 is 0 Å². The maximum Gasteiger partial charge on any atom is 0.191 e. The molecule has 0 aliphatic heterocycles. The van der Waals surface area contributed by atoms with Crippen molar-refractivity contribution in [3.63, 3.8) is 0 Å². The van der Waals surface area contributed by atoms with Crippen LogP contribution in [0.5, 0.6) is 0 Å². The Morgan fingerprint density at radius 2 is 2.25 bits per heavy atom. The summed E-state index contributed by atoms with van der Waals surface area (Å²) in [6.45, 7) is 0. The van der Waals surface area contributed by atoms with Gasteiger partial charge in [-0.1, -0.05) is 11.8 Å². The molecule has 2 heterocycles. The molecule has 0 unspecified atom stereocenters. The number of nitrogens with one attached hydrogen (secondary N) is 1. The molecule has 84 valence electrons. The average Bonchev–Trinajstić information content (AvgIpc) is 2.73. The Balaban J connectivity index is 2.52. The van der Waals surface area contributed by atoms with E-state index in [-0.39, 0.29) is 0 Å². The molecule has 1 N–H and O–H groups in total. The van der Waals surface area contributed by atoms with Gasteiger partial charge in [0, 0.05) is 14.1 Å². The Labute approximate surface area is 97.2 Å². The van der Waals surface area contributed by atoms with Crippen molar-refractivity contribution < 1.29 is 0 Å². The first-order valence-electron chi connectivity index (χ1n) is 4.66. The summed E-state index contributed by atoms with van der Waals surface area (Å²) in [5.74, 6) is 0.612. The van der Waals surface area contributed by atoms with Gasteiger partial charge in [-0.05, 0) is 6.26 Å². The summed E-state index contributed by atoms with van der Waals surface area (Å²) < 4.78 is 0. The van der Waals surface area contributed by atoms with E-state index in [0.29, 0.717) is 16.6 Å². The standard InChI is InChI=1S/C9H12N6S/c1-15(2)5-12-8-6-7(11-4-10-6)13-9(14-8)16-3/h4-5H,1-3H3,(H,10,11,13,14). The van der Waals surface area contributed by atoms with Crippen molar-refractivity contribution in [2.24, 2.45) is 4.99 Å². The van der Waals surface area contributed by atoms with Crippen LogP contribution in [0.15, 0.2) is 16.5 Å². The molecule has 2 aromatic heterocycles. The van der Waals surface area contributed by atoms with Crippen molar-refractivity contribution in [2.45, 2.75) is 5.16 Å². The number of fused-ring (bicyclic) bond motifs is 1. The van der Waals surface area contributed by atoms with Crippen molar-refractivity contribution in [1.29, 1.82) is 0 Å². The number of H-pyrrole nitrogens is 1. The van der Waals surface area contributed by atoms with E-state index in [2.05, 4.69) is 24.9 Å². The molecule has 7 heteroatoms. The van der Waals surface area contributed by atoms with Crippen molar-refractivity contribution in [3.8, 4) is 0 Å². The maximum atomic E-state index is 4.32. The molecule has 0 amide bonds. The van der Waals surface area contributed by atoms with Gasteiger partial charge >= 0.3 is 0 Å². The van der Waals surface area contributed by atoms with Crippen LogP contribution in [0.3, 0.4) is 0 Å². The zero-order chi connectivity index (χ0) is 11.5. The number of hydrogen-bond acceptors (Lipinski definition) is 5. The maximum absolute atomic E-state index is 4.32. The van der Waals surface area contributed by atoms with Crippen LogP contribution in [0.2, 0.25) is 0 Å². The lowest BCUT2D eigenvalue weighted by Crippen LogP contribution is -2.07. The second kappa shape index (κ2) is 4.48. The van der Waals surface area contributed by atoms with Crippen LogP contribution in [-0.4, -0.2) is 51.5 Å². The van der Waals surface area contributed by atoms with E-state index in [1.54, 1.807) is 12.7 Å². The zero-order valence-corrected chi connectivity index (χ0v) is 10.1. The molecule has 0 bridgehead atoms. The first-order chi connectivity index (χ1) is 7.70. The first-order valence-corrected chi connectivity index (χ1v) is 5.89. The number of thioether (sulfide) groups is 1. The Kier molecular flexibility index (Phi) is 3.04. The van der Waals surface area contributed by atoms with Crippen LogP contribution in [-0.2, 0) is 0 Å². The van der Waals surface area contributed by atoms with E-state index in [9.17, 15) is 0 Å². The largest absolute Gasteiger partial charge is 0.369 e. The van der Waals surface area contributed by atoms with Gasteiger partial charge in [0.05, 0.1) is 12.7 Å². The number of rotatable bonds is 3. The first kappa shape index (κ1) is 10.9. The van der Waals surface area contributed by atoms with Gasteiger partial charge in [0.15, 0.2) is 16.6 Å². The summed E-state index contributed by atoms with van der Waals surface area (Å²) in [5.41, 5.74) is 1.40. The topological polar surface area (TPSA) is 70.1 Å². The second-order valence-corrected chi connectivity index (χ2v) is 4.12. The van der Waals surface area contributed by atoms with Gasteiger partial charge in [-0.2, -0.15) is 0 Å². The normalized spacial score (nSPS) is 11.4. The van der Waals surface area contributed by atoms with Crippen LogP contribution in [0.4, 0.5) is 5.82 Å². The Morgan fingerprint density at radius 3 is 2.94 bits per heavy atom. The highest BCUT2D eigenvalue weighted by atomic mass is 32.2. The van der Waals surface area contributed by atoms with Crippen molar-refractivity contribution in [2.75, 3.05) is 20.4 Å². The van der Waals surface area contributed by atoms with Gasteiger partial charge in [0.2, 0.25) is 0 Å². The van der Waals surface area contributed by atoms with Crippen LogP contribution in [0, 0.1) is 0 Å². The van der Waals surface area contributed by atoms with Crippen LogP contribution in [0.1, 0.15) is 0 Å². The highest BCUT2D eigenvalue weighted by molar-refractivity contribution is 7.98. The summed E-state index contributed by atoms with van der Waals surface area (Å²) >= 11 is 1.47. The van der Waals surface area contributed by atoms with Crippen LogP contribution in [0.25, 0.3) is 11.2 Å². The summed E-state index contributed by atoms with van der Waals surface area (Å²) in [5, 5.41) is 0.672. The van der Waals surface area contributed by atoms with Gasteiger partial charge in [-0.25, -0.2) is 19.9 Å². The number of nitrogens with zero attached hydrogens (tertiary/aromatic N) is 5. The van der Waals surface area contributed by atoms with E-state index in [0.717, 1.165) is 5.52 Å². The molecule has 0 aliphatic carbocycles. The van der Waals surface area contributed by atoms with Gasteiger partial charge in [0.25, 0.3) is 0 Å². The predicted molar refractivity (Wildman–Crippen MR) is 65.3 cm³/mol. The molecular weight excluding hydrogens is 224 g/mol. The lowest BCUT2D eigenvalue weighted by molar-refractivity contribution is 0.643. The Hall–Kier alpha value is -1.63. The number of aliphatic imine (C=N–C) groups is 1. The fourth-order valence-electron chi connectivity index (χ4n) is 1.15. The lowest BCUT2D eigenvalue weighted by atomic mass is 10.5. The average molecular weight is 236 g/mol. The molecule has 2 aromatic rings. The summed E-state index contributed by atoms with van der Waals surface area (Å²) in [6, 6.07) is 0. The minimum Gasteiger partial charge on any atom is -0.369 e. The van der Waals surface area contributed by atoms with Gasteiger partial charge < -0.3 is 9.88 Å². The third kappa shape index (κ3) is 2.13. The zero-order valence-electron chi connectivity index (χ0n) is 9.30. The minimum atomic E-state index is 0.612. The predicted octanol–water partition coefficient (Wildman–Crippen LogP) is 1.30. The highest BCUT2D eigenvalue weighted by Crippen LogP contribution is 2.22. The molecular formula is C9H12N6S. The summed E-state index contributed by atoms with van der Waals surface area (Å²) in [7, 11) is 3.81. The number of hydrogen-bond donors (Lipinski definition) is 1. The fraction of sp³-hybridized carbons (Fsp3) is 0.333. The van der Waals surface area contributed by atoms with Gasteiger partial charge in [0.1, 0.15) is 5.52 Å². The molecule has 0 radical (unpaired) electrons. The van der Waals surface area contributed by atoms with E-state index in [1.807, 2.05) is 25.3 Å². The monoisotopic (exact) mass is 236 g/mol. The van der Waals surface area contributed by atoms with Crippen LogP contribution >= 0.6 is 11.8 Å². The number of aromatic amines is 1. The Bertz CT molecular complexity index is 518. The van der Waals surface area contributed by atoms with Crippen molar-refractivity contribution >= 4 is 35.1 Å².